The van der Waals surface area contributed by atoms with Gasteiger partial charge in [0, 0.05) is 19.3 Å². The maximum Gasteiger partial charge on any atom is 0.254 e. The van der Waals surface area contributed by atoms with Crippen LogP contribution in [0.3, 0.4) is 0 Å². The highest BCUT2D eigenvalue weighted by atomic mass is 16.5. The summed E-state index contributed by atoms with van der Waals surface area (Å²) in [6.07, 6.45) is 1.41. The number of nitrogens with one attached hydrogen (secondary N) is 2. The lowest BCUT2D eigenvalue weighted by Gasteiger charge is -2.09. The quantitative estimate of drug-likeness (QED) is 0.630. The molecule has 6 nitrogen and oxygen atoms in total. The van der Waals surface area contributed by atoms with E-state index in [1.807, 2.05) is 0 Å². The second kappa shape index (κ2) is 6.24. The van der Waals surface area contributed by atoms with Gasteiger partial charge >= 0.3 is 0 Å². The van der Waals surface area contributed by atoms with E-state index in [9.17, 15) is 9.90 Å². The molecule has 90 valence electrons. The predicted octanol–water partition coefficient (Wildman–Crippen LogP) is -0.155. The van der Waals surface area contributed by atoms with E-state index in [2.05, 4.69) is 15.5 Å². The molecule has 1 aromatic heterocycles. The van der Waals surface area contributed by atoms with Crippen LogP contribution < -0.4 is 5.32 Å². The van der Waals surface area contributed by atoms with Crippen molar-refractivity contribution in [2.45, 2.75) is 19.4 Å². The number of ether oxygens (including phenoxy) is 1. The lowest BCUT2D eigenvalue weighted by Crippen LogP contribution is -2.28. The zero-order valence-electron chi connectivity index (χ0n) is 9.49. The number of rotatable bonds is 6. The van der Waals surface area contributed by atoms with Crippen molar-refractivity contribution >= 4 is 5.91 Å². The maximum absolute atomic E-state index is 11.6. The molecular formula is C10H17N3O3. The van der Waals surface area contributed by atoms with Gasteiger partial charge in [0.15, 0.2) is 0 Å². The Balaban J connectivity index is 2.29. The van der Waals surface area contributed by atoms with Crippen molar-refractivity contribution in [1.82, 2.24) is 15.5 Å². The van der Waals surface area contributed by atoms with E-state index in [4.69, 9.17) is 4.74 Å². The molecule has 0 aliphatic carbocycles. The van der Waals surface area contributed by atoms with Gasteiger partial charge in [0.2, 0.25) is 0 Å². The third-order valence-electron chi connectivity index (χ3n) is 2.20. The normalized spacial score (nSPS) is 12.4. The molecule has 0 fully saturated rings. The number of aromatic nitrogens is 2. The van der Waals surface area contributed by atoms with Crippen LogP contribution in [0.4, 0.5) is 0 Å². The minimum Gasteiger partial charge on any atom is -0.391 e. The summed E-state index contributed by atoms with van der Waals surface area (Å²) in [5, 5.41) is 18.5. The van der Waals surface area contributed by atoms with E-state index < -0.39 is 6.10 Å². The van der Waals surface area contributed by atoms with Crippen LogP contribution in [0.5, 0.6) is 0 Å². The number of aryl methyl sites for hydroxylation is 1. The minimum atomic E-state index is -0.546. The fourth-order valence-corrected chi connectivity index (χ4v) is 1.30. The van der Waals surface area contributed by atoms with Gasteiger partial charge in [0.05, 0.1) is 24.5 Å². The van der Waals surface area contributed by atoms with Gasteiger partial charge in [-0.25, -0.2) is 0 Å². The van der Waals surface area contributed by atoms with E-state index in [0.717, 1.165) is 5.69 Å². The van der Waals surface area contributed by atoms with Gasteiger partial charge < -0.3 is 15.2 Å². The fraction of sp³-hybridized carbons (Fsp3) is 0.600. The van der Waals surface area contributed by atoms with Crippen LogP contribution in [0.2, 0.25) is 0 Å². The Kier molecular flexibility index (Phi) is 4.94. The Hall–Kier alpha value is -1.40. The molecule has 0 aliphatic heterocycles. The maximum atomic E-state index is 11.6. The lowest BCUT2D eigenvalue weighted by molar-refractivity contribution is 0.0587. The largest absolute Gasteiger partial charge is 0.391 e. The molecule has 1 aromatic rings. The Morgan fingerprint density at radius 1 is 1.75 bits per heavy atom. The van der Waals surface area contributed by atoms with Crippen molar-refractivity contribution in [2.24, 2.45) is 0 Å². The summed E-state index contributed by atoms with van der Waals surface area (Å²) < 4.78 is 4.77. The van der Waals surface area contributed by atoms with Crippen LogP contribution in [0.1, 0.15) is 22.5 Å². The van der Waals surface area contributed by atoms with Crippen molar-refractivity contribution in [2.75, 3.05) is 20.3 Å². The number of aliphatic hydroxyl groups excluding tert-OH is 1. The van der Waals surface area contributed by atoms with E-state index in [0.29, 0.717) is 18.5 Å². The first-order chi connectivity index (χ1) is 7.65. The minimum absolute atomic E-state index is 0.184. The van der Waals surface area contributed by atoms with E-state index >= 15 is 0 Å². The summed E-state index contributed by atoms with van der Waals surface area (Å²) in [5.41, 5.74) is 1.26. The molecule has 1 heterocycles. The molecule has 1 atom stereocenters. The van der Waals surface area contributed by atoms with E-state index in [1.54, 1.807) is 6.92 Å². The lowest BCUT2D eigenvalue weighted by atomic mass is 10.2. The van der Waals surface area contributed by atoms with Gasteiger partial charge in [-0.3, -0.25) is 9.89 Å². The van der Waals surface area contributed by atoms with Crippen LogP contribution in [0.15, 0.2) is 6.20 Å². The Morgan fingerprint density at radius 3 is 3.06 bits per heavy atom. The number of aromatic amines is 1. The highest BCUT2D eigenvalue weighted by Crippen LogP contribution is 2.01. The van der Waals surface area contributed by atoms with Crippen LogP contribution in [-0.4, -0.2) is 47.6 Å². The SMILES string of the molecule is COCC(O)CCNC(=O)c1cn[nH]c1C. The number of hydrogen-bond donors (Lipinski definition) is 3. The number of aliphatic hydroxyl groups is 1. The summed E-state index contributed by atoms with van der Waals surface area (Å²) in [4.78, 5) is 11.6. The van der Waals surface area contributed by atoms with Crippen molar-refractivity contribution in [3.8, 4) is 0 Å². The summed E-state index contributed by atoms with van der Waals surface area (Å²) in [5.74, 6) is -0.184. The number of H-pyrrole nitrogens is 1. The Labute approximate surface area is 94.0 Å². The van der Waals surface area contributed by atoms with Crippen LogP contribution >= 0.6 is 0 Å². The molecule has 0 saturated carbocycles. The molecule has 0 aliphatic rings. The van der Waals surface area contributed by atoms with Crippen LogP contribution in [-0.2, 0) is 4.74 Å². The van der Waals surface area contributed by atoms with Gasteiger partial charge in [0.1, 0.15) is 0 Å². The fourth-order valence-electron chi connectivity index (χ4n) is 1.30. The standard InChI is InChI=1S/C10H17N3O3/c1-7-9(5-12-13-7)10(15)11-4-3-8(14)6-16-2/h5,8,14H,3-4,6H2,1-2H3,(H,11,15)(H,12,13). The summed E-state index contributed by atoms with van der Waals surface area (Å²) in [6.45, 7) is 2.47. The smallest absolute Gasteiger partial charge is 0.254 e. The molecule has 3 N–H and O–H groups in total. The summed E-state index contributed by atoms with van der Waals surface area (Å²) in [6, 6.07) is 0. The third kappa shape index (κ3) is 3.63. The van der Waals surface area contributed by atoms with E-state index in [-0.39, 0.29) is 12.5 Å². The van der Waals surface area contributed by atoms with Crippen LogP contribution in [0, 0.1) is 6.92 Å². The zero-order valence-corrected chi connectivity index (χ0v) is 9.49. The van der Waals surface area contributed by atoms with E-state index in [1.165, 1.54) is 13.3 Å². The number of amides is 1. The van der Waals surface area contributed by atoms with Gasteiger partial charge in [-0.05, 0) is 13.3 Å². The zero-order chi connectivity index (χ0) is 12.0. The molecule has 0 radical (unpaired) electrons. The van der Waals surface area contributed by atoms with Crippen LogP contribution in [0.25, 0.3) is 0 Å². The molecule has 1 unspecified atom stereocenters. The van der Waals surface area contributed by atoms with Crippen molar-refractivity contribution < 1.29 is 14.6 Å². The number of hydrogen-bond acceptors (Lipinski definition) is 4. The highest BCUT2D eigenvalue weighted by molar-refractivity contribution is 5.94. The monoisotopic (exact) mass is 227 g/mol. The molecule has 0 spiro atoms. The van der Waals surface area contributed by atoms with Crippen molar-refractivity contribution in [1.29, 1.82) is 0 Å². The molecule has 16 heavy (non-hydrogen) atoms. The highest BCUT2D eigenvalue weighted by Gasteiger charge is 2.10. The number of methoxy groups -OCH3 is 1. The molecule has 1 rings (SSSR count). The number of nitrogens with zero attached hydrogens (tertiary/aromatic N) is 1. The second-order valence-electron chi connectivity index (χ2n) is 3.56. The molecule has 0 aromatic carbocycles. The van der Waals surface area contributed by atoms with Gasteiger partial charge in [-0.1, -0.05) is 0 Å². The van der Waals surface area contributed by atoms with Crippen molar-refractivity contribution in [3.05, 3.63) is 17.5 Å². The second-order valence-corrected chi connectivity index (χ2v) is 3.56. The first-order valence-electron chi connectivity index (χ1n) is 5.10. The number of carbonyl (C=O) groups is 1. The first kappa shape index (κ1) is 12.7. The van der Waals surface area contributed by atoms with Gasteiger partial charge in [0.25, 0.3) is 5.91 Å². The first-order valence-corrected chi connectivity index (χ1v) is 5.10. The summed E-state index contributed by atoms with van der Waals surface area (Å²) >= 11 is 0. The Bertz CT molecular complexity index is 338. The third-order valence-corrected chi connectivity index (χ3v) is 2.20. The Morgan fingerprint density at radius 2 is 2.50 bits per heavy atom. The van der Waals surface area contributed by atoms with Gasteiger partial charge in [-0.2, -0.15) is 5.10 Å². The molecule has 0 saturated heterocycles. The average Bonchev–Trinajstić information content (AvgIpc) is 2.64. The average molecular weight is 227 g/mol. The summed E-state index contributed by atoms with van der Waals surface area (Å²) in [7, 11) is 1.52. The molecule has 1 amide bonds. The van der Waals surface area contributed by atoms with Gasteiger partial charge in [-0.15, -0.1) is 0 Å². The van der Waals surface area contributed by atoms with Crippen molar-refractivity contribution in [3.63, 3.8) is 0 Å². The number of carbonyl (C=O) groups excluding carboxylic acids is 1. The topological polar surface area (TPSA) is 87.2 Å². The molecule has 0 bridgehead atoms. The molecule has 6 heteroatoms. The molecular weight excluding hydrogens is 210 g/mol. The predicted molar refractivity (Wildman–Crippen MR) is 58.2 cm³/mol.